The molecular weight excluding hydrogens is 342 g/mol. The number of rotatable bonds is 5. The van der Waals surface area contributed by atoms with Gasteiger partial charge < -0.3 is 20.0 Å². The van der Waals surface area contributed by atoms with Crippen LogP contribution in [0.25, 0.3) is 0 Å². The fourth-order valence-corrected chi connectivity index (χ4v) is 3.90. The molecule has 27 heavy (non-hydrogen) atoms. The zero-order chi connectivity index (χ0) is 19.2. The van der Waals surface area contributed by atoms with Crippen LogP contribution in [0, 0.1) is 5.92 Å². The molecule has 0 saturated carbocycles. The fraction of sp³-hybridized carbons (Fsp3) is 0.737. The zero-order valence-electron chi connectivity index (χ0n) is 16.9. The van der Waals surface area contributed by atoms with E-state index in [0.29, 0.717) is 19.0 Å². The minimum absolute atomic E-state index is 0.0923. The second-order valence-electron chi connectivity index (χ2n) is 7.44. The van der Waals surface area contributed by atoms with Gasteiger partial charge in [0.05, 0.1) is 11.9 Å². The van der Waals surface area contributed by atoms with Crippen molar-refractivity contribution in [1.29, 1.82) is 0 Å². The predicted molar refractivity (Wildman–Crippen MR) is 108 cm³/mol. The lowest BCUT2D eigenvalue weighted by Gasteiger charge is -2.36. The number of piperazine rings is 1. The van der Waals surface area contributed by atoms with Crippen LogP contribution in [0.15, 0.2) is 17.4 Å². The molecule has 1 unspecified atom stereocenters. The standard InChI is InChI=1S/C19H33N7O/c1-4-20-19(21-11-16-7-6-8-24(5-2)13-16)25-9-10-26(18(27)15-25)17-12-22-23(3)14-17/h12,14,16H,4-11,13,15H2,1-3H3,(H,20,21). The molecule has 0 bridgehead atoms. The summed E-state index contributed by atoms with van der Waals surface area (Å²) in [5.74, 6) is 1.57. The molecule has 3 rings (SSSR count). The number of hydrogen-bond donors (Lipinski definition) is 1. The van der Waals surface area contributed by atoms with E-state index in [2.05, 4.69) is 34.1 Å². The monoisotopic (exact) mass is 375 g/mol. The van der Waals surface area contributed by atoms with Crippen LogP contribution >= 0.6 is 0 Å². The minimum atomic E-state index is 0.0923. The Morgan fingerprint density at radius 2 is 2.19 bits per heavy atom. The van der Waals surface area contributed by atoms with Crippen LogP contribution in [0.2, 0.25) is 0 Å². The number of aliphatic imine (C=N–C) groups is 1. The van der Waals surface area contributed by atoms with Crippen molar-refractivity contribution < 1.29 is 4.79 Å². The molecule has 3 heterocycles. The third-order valence-corrected chi connectivity index (χ3v) is 5.41. The lowest BCUT2D eigenvalue weighted by Crippen LogP contribution is -2.55. The number of nitrogens with zero attached hydrogens (tertiary/aromatic N) is 6. The molecule has 1 aromatic rings. The Hall–Kier alpha value is -2.09. The van der Waals surface area contributed by atoms with Gasteiger partial charge in [-0.25, -0.2) is 0 Å². The van der Waals surface area contributed by atoms with Gasteiger partial charge in [-0.2, -0.15) is 5.10 Å². The van der Waals surface area contributed by atoms with Crippen molar-refractivity contribution in [2.75, 3.05) is 57.3 Å². The van der Waals surface area contributed by atoms with Gasteiger partial charge in [0.15, 0.2) is 5.96 Å². The van der Waals surface area contributed by atoms with E-state index in [-0.39, 0.29) is 5.91 Å². The van der Waals surface area contributed by atoms with Crippen molar-refractivity contribution in [3.05, 3.63) is 12.4 Å². The molecule has 2 aliphatic heterocycles. The van der Waals surface area contributed by atoms with Crippen LogP contribution in [0.4, 0.5) is 5.69 Å². The lowest BCUT2D eigenvalue weighted by atomic mass is 9.98. The number of carbonyl (C=O) groups excluding carboxylic acids is 1. The third kappa shape index (κ3) is 5.00. The Bertz CT molecular complexity index is 656. The molecule has 1 N–H and O–H groups in total. The van der Waals surface area contributed by atoms with Gasteiger partial charge >= 0.3 is 0 Å². The number of aromatic nitrogens is 2. The third-order valence-electron chi connectivity index (χ3n) is 5.41. The van der Waals surface area contributed by atoms with E-state index in [1.54, 1.807) is 10.9 Å². The van der Waals surface area contributed by atoms with Gasteiger partial charge in [0.1, 0.15) is 6.54 Å². The highest BCUT2D eigenvalue weighted by molar-refractivity contribution is 5.98. The first-order valence-electron chi connectivity index (χ1n) is 10.1. The molecule has 1 atom stereocenters. The molecule has 2 aliphatic rings. The number of nitrogens with one attached hydrogen (secondary N) is 1. The van der Waals surface area contributed by atoms with Crippen molar-refractivity contribution in [3.8, 4) is 0 Å². The quantitative estimate of drug-likeness (QED) is 0.608. The summed E-state index contributed by atoms with van der Waals surface area (Å²) in [6.45, 7) is 11.2. The van der Waals surface area contributed by atoms with Gasteiger partial charge in [0, 0.05) is 46.0 Å². The van der Waals surface area contributed by atoms with E-state index in [1.165, 1.54) is 19.4 Å². The van der Waals surface area contributed by atoms with Crippen LogP contribution in [0.3, 0.4) is 0 Å². The van der Waals surface area contributed by atoms with E-state index >= 15 is 0 Å². The average Bonchev–Trinajstić information content (AvgIpc) is 3.11. The number of likely N-dealkylation sites (tertiary alicyclic amines) is 1. The molecule has 0 aromatic carbocycles. The van der Waals surface area contributed by atoms with Crippen molar-refractivity contribution in [2.24, 2.45) is 18.0 Å². The van der Waals surface area contributed by atoms with E-state index in [9.17, 15) is 4.79 Å². The number of carbonyl (C=O) groups is 1. The second-order valence-corrected chi connectivity index (χ2v) is 7.44. The summed E-state index contributed by atoms with van der Waals surface area (Å²) < 4.78 is 1.73. The van der Waals surface area contributed by atoms with Crippen LogP contribution in [-0.2, 0) is 11.8 Å². The summed E-state index contributed by atoms with van der Waals surface area (Å²) in [5, 5.41) is 7.54. The summed E-state index contributed by atoms with van der Waals surface area (Å²) in [5.41, 5.74) is 0.867. The minimum Gasteiger partial charge on any atom is -0.357 e. The van der Waals surface area contributed by atoms with E-state index in [0.717, 1.165) is 44.4 Å². The van der Waals surface area contributed by atoms with Crippen molar-refractivity contribution in [3.63, 3.8) is 0 Å². The molecule has 1 aromatic heterocycles. The smallest absolute Gasteiger partial charge is 0.246 e. The first-order chi connectivity index (χ1) is 13.1. The number of aryl methyl sites for hydroxylation is 1. The first-order valence-corrected chi connectivity index (χ1v) is 10.1. The molecule has 8 heteroatoms. The maximum absolute atomic E-state index is 12.7. The zero-order valence-corrected chi connectivity index (χ0v) is 16.9. The Kier molecular flexibility index (Phi) is 6.71. The number of guanidine groups is 1. The highest BCUT2D eigenvalue weighted by Gasteiger charge is 2.28. The summed E-state index contributed by atoms with van der Waals surface area (Å²) in [6.07, 6.45) is 6.13. The first kappa shape index (κ1) is 19.7. The number of piperidine rings is 1. The molecule has 0 aliphatic carbocycles. The summed E-state index contributed by atoms with van der Waals surface area (Å²) in [6, 6.07) is 0. The van der Waals surface area contributed by atoms with Gasteiger partial charge in [-0.3, -0.25) is 14.5 Å². The molecule has 8 nitrogen and oxygen atoms in total. The largest absolute Gasteiger partial charge is 0.357 e. The predicted octanol–water partition coefficient (Wildman–Crippen LogP) is 0.766. The normalized spacial score (nSPS) is 22.4. The molecular formula is C19H33N7O. The van der Waals surface area contributed by atoms with Crippen LogP contribution in [-0.4, -0.2) is 83.8 Å². The van der Waals surface area contributed by atoms with Gasteiger partial charge in [-0.1, -0.05) is 6.92 Å². The molecule has 1 amide bonds. The van der Waals surface area contributed by atoms with E-state index in [1.807, 2.05) is 18.1 Å². The van der Waals surface area contributed by atoms with Gasteiger partial charge in [-0.05, 0) is 38.8 Å². The fourth-order valence-electron chi connectivity index (χ4n) is 3.90. The highest BCUT2D eigenvalue weighted by Crippen LogP contribution is 2.18. The van der Waals surface area contributed by atoms with Crippen molar-refractivity contribution >= 4 is 17.6 Å². The van der Waals surface area contributed by atoms with Crippen LogP contribution in [0.1, 0.15) is 26.7 Å². The highest BCUT2D eigenvalue weighted by atomic mass is 16.2. The maximum Gasteiger partial charge on any atom is 0.246 e. The summed E-state index contributed by atoms with van der Waals surface area (Å²) in [7, 11) is 1.87. The molecule has 2 fully saturated rings. The molecule has 0 radical (unpaired) electrons. The van der Waals surface area contributed by atoms with Crippen molar-refractivity contribution in [2.45, 2.75) is 26.7 Å². The Morgan fingerprint density at radius 3 is 2.85 bits per heavy atom. The number of hydrogen-bond acceptors (Lipinski definition) is 4. The van der Waals surface area contributed by atoms with E-state index in [4.69, 9.17) is 4.99 Å². The molecule has 0 spiro atoms. The maximum atomic E-state index is 12.7. The van der Waals surface area contributed by atoms with Crippen LogP contribution in [0.5, 0.6) is 0 Å². The molecule has 2 saturated heterocycles. The van der Waals surface area contributed by atoms with Gasteiger partial charge in [-0.15, -0.1) is 0 Å². The Balaban J connectivity index is 1.60. The number of amides is 1. The molecule has 150 valence electrons. The van der Waals surface area contributed by atoms with Crippen molar-refractivity contribution in [1.82, 2.24) is 24.9 Å². The second kappa shape index (κ2) is 9.21. The number of anilines is 1. The van der Waals surface area contributed by atoms with Gasteiger partial charge in [0.25, 0.3) is 0 Å². The van der Waals surface area contributed by atoms with Gasteiger partial charge in [0.2, 0.25) is 5.91 Å². The van der Waals surface area contributed by atoms with E-state index < -0.39 is 0 Å². The van der Waals surface area contributed by atoms with Crippen LogP contribution < -0.4 is 10.2 Å². The summed E-state index contributed by atoms with van der Waals surface area (Å²) in [4.78, 5) is 24.0. The average molecular weight is 376 g/mol. The lowest BCUT2D eigenvalue weighted by molar-refractivity contribution is -0.120. The Labute approximate surface area is 162 Å². The Morgan fingerprint density at radius 1 is 1.33 bits per heavy atom. The SMILES string of the molecule is CCNC(=NCC1CCCN(CC)C1)N1CCN(c2cnn(C)c2)C(=O)C1. The topological polar surface area (TPSA) is 69.0 Å². The summed E-state index contributed by atoms with van der Waals surface area (Å²) >= 11 is 0.